The molecular formula is C13H12F3NO3. The summed E-state index contributed by atoms with van der Waals surface area (Å²) in [6, 6.07) is 2.78. The van der Waals surface area contributed by atoms with Crippen molar-refractivity contribution in [2.75, 3.05) is 11.4 Å². The minimum Gasteiger partial charge on any atom is -0.478 e. The van der Waals surface area contributed by atoms with Crippen molar-refractivity contribution in [3.05, 3.63) is 28.8 Å². The van der Waals surface area contributed by atoms with Crippen LogP contribution in [0.2, 0.25) is 0 Å². The van der Waals surface area contributed by atoms with Gasteiger partial charge in [-0.05, 0) is 37.0 Å². The van der Waals surface area contributed by atoms with Gasteiger partial charge in [0.2, 0.25) is 0 Å². The molecule has 0 spiro atoms. The van der Waals surface area contributed by atoms with E-state index in [4.69, 9.17) is 5.11 Å². The van der Waals surface area contributed by atoms with Crippen molar-refractivity contribution in [1.29, 1.82) is 0 Å². The van der Waals surface area contributed by atoms with Gasteiger partial charge in [0.1, 0.15) is 0 Å². The molecule has 20 heavy (non-hydrogen) atoms. The highest BCUT2D eigenvalue weighted by molar-refractivity contribution is 6.05. The lowest BCUT2D eigenvalue weighted by molar-refractivity contribution is -0.170. The Morgan fingerprint density at radius 1 is 1.30 bits per heavy atom. The molecule has 0 saturated carbocycles. The summed E-state index contributed by atoms with van der Waals surface area (Å²) in [6.45, 7) is 1.56. The van der Waals surface area contributed by atoms with Gasteiger partial charge in [-0.25, -0.2) is 4.79 Å². The highest BCUT2D eigenvalue weighted by atomic mass is 19.4. The number of anilines is 1. The lowest BCUT2D eigenvalue weighted by atomic mass is 9.93. The molecule has 108 valence electrons. The Hall–Kier alpha value is -2.05. The van der Waals surface area contributed by atoms with Crippen LogP contribution in [0, 0.1) is 6.92 Å². The van der Waals surface area contributed by atoms with Crippen molar-refractivity contribution >= 4 is 17.6 Å². The molecule has 1 aromatic rings. The van der Waals surface area contributed by atoms with Gasteiger partial charge in [-0.2, -0.15) is 13.2 Å². The number of alkyl halides is 3. The van der Waals surface area contributed by atoms with E-state index in [-0.39, 0.29) is 17.8 Å². The lowest BCUT2D eigenvalue weighted by Gasteiger charge is -2.32. The van der Waals surface area contributed by atoms with E-state index in [2.05, 4.69) is 0 Å². The van der Waals surface area contributed by atoms with Gasteiger partial charge in [-0.15, -0.1) is 0 Å². The molecule has 1 aliphatic heterocycles. The molecule has 0 aromatic heterocycles. The molecule has 1 heterocycles. The average Bonchev–Trinajstić information content (AvgIpc) is 2.36. The Bertz CT molecular complexity index is 581. The Balaban J connectivity index is 2.62. The van der Waals surface area contributed by atoms with Crippen molar-refractivity contribution in [2.45, 2.75) is 25.9 Å². The third kappa shape index (κ3) is 2.35. The number of carboxylic acids is 1. The second-order valence-corrected chi connectivity index (χ2v) is 4.62. The van der Waals surface area contributed by atoms with Crippen LogP contribution in [-0.2, 0) is 11.2 Å². The number of rotatable bonds is 1. The van der Waals surface area contributed by atoms with Gasteiger partial charge >= 0.3 is 18.1 Å². The summed E-state index contributed by atoms with van der Waals surface area (Å²) in [7, 11) is 0. The highest BCUT2D eigenvalue weighted by Crippen LogP contribution is 2.35. The Kier molecular flexibility index (Phi) is 3.45. The minimum atomic E-state index is -5.02. The van der Waals surface area contributed by atoms with E-state index in [1.807, 2.05) is 0 Å². The number of amides is 1. The Morgan fingerprint density at radius 3 is 2.50 bits per heavy atom. The smallest absolute Gasteiger partial charge is 0.471 e. The second kappa shape index (κ2) is 4.81. The number of carboxylic acid groups (broad SMARTS) is 1. The zero-order chi connectivity index (χ0) is 15.1. The summed E-state index contributed by atoms with van der Waals surface area (Å²) in [5.41, 5.74) is 0.785. The molecule has 1 aliphatic rings. The number of hydrogen-bond acceptors (Lipinski definition) is 2. The number of nitrogens with zero attached hydrogens (tertiary/aromatic N) is 1. The van der Waals surface area contributed by atoms with Crippen LogP contribution in [0.25, 0.3) is 0 Å². The number of benzene rings is 1. The van der Waals surface area contributed by atoms with Crippen molar-refractivity contribution in [3.8, 4) is 0 Å². The number of halogens is 3. The van der Waals surface area contributed by atoms with Crippen molar-refractivity contribution in [2.24, 2.45) is 0 Å². The van der Waals surface area contributed by atoms with Gasteiger partial charge in [0, 0.05) is 6.54 Å². The first-order valence-corrected chi connectivity index (χ1v) is 5.98. The largest absolute Gasteiger partial charge is 0.478 e. The van der Waals surface area contributed by atoms with E-state index in [1.54, 1.807) is 13.0 Å². The summed E-state index contributed by atoms with van der Waals surface area (Å²) >= 11 is 0. The van der Waals surface area contributed by atoms with E-state index >= 15 is 0 Å². The molecular weight excluding hydrogens is 275 g/mol. The predicted molar refractivity (Wildman–Crippen MR) is 64.9 cm³/mol. The zero-order valence-corrected chi connectivity index (χ0v) is 10.6. The van der Waals surface area contributed by atoms with Crippen LogP contribution in [0.1, 0.15) is 27.9 Å². The van der Waals surface area contributed by atoms with E-state index < -0.39 is 18.1 Å². The van der Waals surface area contributed by atoms with Crippen molar-refractivity contribution in [3.63, 3.8) is 0 Å². The molecule has 0 radical (unpaired) electrons. The normalized spacial score (nSPS) is 14.9. The maximum Gasteiger partial charge on any atom is 0.471 e. The van der Waals surface area contributed by atoms with E-state index in [1.165, 1.54) is 6.07 Å². The molecule has 2 rings (SSSR count). The number of carbonyl (C=O) groups is 2. The predicted octanol–water partition coefficient (Wildman–Crippen LogP) is 2.53. The molecule has 0 fully saturated rings. The van der Waals surface area contributed by atoms with Gasteiger partial charge < -0.3 is 10.0 Å². The van der Waals surface area contributed by atoms with Crippen LogP contribution < -0.4 is 4.90 Å². The van der Waals surface area contributed by atoms with Gasteiger partial charge in [0.25, 0.3) is 0 Å². The number of aromatic carboxylic acids is 1. The third-order valence-corrected chi connectivity index (χ3v) is 3.31. The first-order chi connectivity index (χ1) is 9.23. The summed E-state index contributed by atoms with van der Waals surface area (Å²) < 4.78 is 37.9. The Labute approximate surface area is 112 Å². The van der Waals surface area contributed by atoms with Crippen LogP contribution in [0.4, 0.5) is 18.9 Å². The maximum absolute atomic E-state index is 12.6. The fourth-order valence-corrected chi connectivity index (χ4v) is 2.42. The summed E-state index contributed by atoms with van der Waals surface area (Å²) in [5.74, 6) is -3.37. The third-order valence-electron chi connectivity index (χ3n) is 3.31. The van der Waals surface area contributed by atoms with Crippen LogP contribution in [0.15, 0.2) is 12.1 Å². The molecule has 1 N–H and O–H groups in total. The van der Waals surface area contributed by atoms with Gasteiger partial charge in [0.15, 0.2) is 0 Å². The maximum atomic E-state index is 12.6. The van der Waals surface area contributed by atoms with Crippen molar-refractivity contribution < 1.29 is 27.9 Å². The molecule has 0 bridgehead atoms. The minimum absolute atomic E-state index is 0.119. The van der Waals surface area contributed by atoms with Crippen LogP contribution >= 0.6 is 0 Å². The average molecular weight is 287 g/mol. The molecule has 0 unspecified atom stereocenters. The van der Waals surface area contributed by atoms with Gasteiger partial charge in [-0.3, -0.25) is 4.79 Å². The molecule has 1 aromatic carbocycles. The summed E-state index contributed by atoms with van der Waals surface area (Å²) in [6.07, 6.45) is -4.18. The standard InChI is InChI=1S/C13H12F3NO3/c1-7-4-5-9(11(18)19)10-8(7)3-2-6-17(10)12(20)13(14,15)16/h4-5H,2-3,6H2,1H3,(H,18,19). The highest BCUT2D eigenvalue weighted by Gasteiger charge is 2.45. The number of hydrogen-bond donors (Lipinski definition) is 1. The number of carbonyl (C=O) groups excluding carboxylic acids is 1. The van der Waals surface area contributed by atoms with Crippen LogP contribution in [0.5, 0.6) is 0 Å². The molecule has 4 nitrogen and oxygen atoms in total. The molecule has 7 heteroatoms. The molecule has 0 atom stereocenters. The molecule has 0 aliphatic carbocycles. The SMILES string of the molecule is Cc1ccc(C(=O)O)c2c1CCCN2C(=O)C(F)(F)F. The molecule has 0 saturated heterocycles. The van der Waals surface area contributed by atoms with Crippen molar-refractivity contribution in [1.82, 2.24) is 0 Å². The van der Waals surface area contributed by atoms with E-state index in [9.17, 15) is 22.8 Å². The van der Waals surface area contributed by atoms with Crippen LogP contribution in [-0.4, -0.2) is 29.7 Å². The lowest BCUT2D eigenvalue weighted by Crippen LogP contribution is -2.44. The summed E-state index contributed by atoms with van der Waals surface area (Å²) in [4.78, 5) is 23.2. The summed E-state index contributed by atoms with van der Waals surface area (Å²) in [5, 5.41) is 9.11. The fraction of sp³-hybridized carbons (Fsp3) is 0.385. The van der Waals surface area contributed by atoms with E-state index in [0.717, 1.165) is 0 Å². The number of fused-ring (bicyclic) bond motifs is 1. The van der Waals surface area contributed by atoms with Crippen LogP contribution in [0.3, 0.4) is 0 Å². The topological polar surface area (TPSA) is 57.6 Å². The Morgan fingerprint density at radius 2 is 1.95 bits per heavy atom. The first kappa shape index (κ1) is 14.4. The fourth-order valence-electron chi connectivity index (χ4n) is 2.42. The quantitative estimate of drug-likeness (QED) is 0.863. The monoisotopic (exact) mass is 287 g/mol. The van der Waals surface area contributed by atoms with Gasteiger partial charge in [-0.1, -0.05) is 6.07 Å². The number of aryl methyl sites for hydroxylation is 1. The first-order valence-electron chi connectivity index (χ1n) is 5.98. The zero-order valence-electron chi connectivity index (χ0n) is 10.6. The van der Waals surface area contributed by atoms with Gasteiger partial charge in [0.05, 0.1) is 11.3 Å². The van der Waals surface area contributed by atoms with E-state index in [0.29, 0.717) is 28.9 Å². The molecule has 1 amide bonds. The second-order valence-electron chi connectivity index (χ2n) is 4.62.